The molecule has 0 aliphatic rings. The van der Waals surface area contributed by atoms with Gasteiger partial charge < -0.3 is 5.32 Å². The van der Waals surface area contributed by atoms with Crippen LogP contribution in [0.2, 0.25) is 0 Å². The van der Waals surface area contributed by atoms with Crippen LogP contribution >= 0.6 is 11.3 Å². The fourth-order valence-electron chi connectivity index (χ4n) is 2.13. The molecule has 0 unspecified atom stereocenters. The van der Waals surface area contributed by atoms with Gasteiger partial charge in [0.05, 0.1) is 0 Å². The summed E-state index contributed by atoms with van der Waals surface area (Å²) >= 11 is 1.51. The Morgan fingerprint density at radius 2 is 1.74 bits per heavy atom. The van der Waals surface area contributed by atoms with Crippen LogP contribution in [0.3, 0.4) is 0 Å². The van der Waals surface area contributed by atoms with Crippen molar-refractivity contribution in [2.75, 3.05) is 0 Å². The van der Waals surface area contributed by atoms with Crippen LogP contribution in [-0.2, 0) is 4.79 Å². The van der Waals surface area contributed by atoms with Crippen molar-refractivity contribution >= 4 is 17.2 Å². The zero-order chi connectivity index (χ0) is 15.9. The monoisotopic (exact) mass is 318 g/mol. The van der Waals surface area contributed by atoms with Crippen molar-refractivity contribution in [3.8, 4) is 11.8 Å². The molecule has 3 aromatic rings. The van der Waals surface area contributed by atoms with Gasteiger partial charge in [0, 0.05) is 23.1 Å². The Morgan fingerprint density at radius 1 is 1.04 bits per heavy atom. The van der Waals surface area contributed by atoms with E-state index in [1.54, 1.807) is 6.20 Å². The van der Waals surface area contributed by atoms with Gasteiger partial charge in [-0.2, -0.15) is 0 Å². The Bertz CT molecular complexity index is 818. The molecule has 1 amide bonds. The third-order valence-electron chi connectivity index (χ3n) is 3.20. The van der Waals surface area contributed by atoms with Gasteiger partial charge in [-0.15, -0.1) is 11.3 Å². The van der Waals surface area contributed by atoms with E-state index in [1.165, 1.54) is 11.3 Å². The summed E-state index contributed by atoms with van der Waals surface area (Å²) in [4.78, 5) is 16.5. The lowest BCUT2D eigenvalue weighted by atomic mass is 10.1. The van der Waals surface area contributed by atoms with Gasteiger partial charge in [-0.25, -0.2) is 4.98 Å². The standard InChI is InChI=1S/C19H14N2OS/c22-17(12-11-15-7-3-1-4-8-15)21-18(19-20-13-14-23-19)16-9-5-2-6-10-16/h1-10,13-14,18H,(H,21,22)/t18-/m0/s1. The predicted molar refractivity (Wildman–Crippen MR) is 91.9 cm³/mol. The van der Waals surface area contributed by atoms with Gasteiger partial charge in [-0.05, 0) is 17.7 Å². The van der Waals surface area contributed by atoms with Crippen LogP contribution in [0.15, 0.2) is 72.2 Å². The highest BCUT2D eigenvalue weighted by Crippen LogP contribution is 2.23. The predicted octanol–water partition coefficient (Wildman–Crippen LogP) is 3.40. The van der Waals surface area contributed by atoms with E-state index in [1.807, 2.05) is 66.0 Å². The number of rotatable bonds is 3. The molecule has 0 bridgehead atoms. The number of nitrogens with one attached hydrogen (secondary N) is 1. The first-order chi connectivity index (χ1) is 11.3. The molecule has 3 rings (SSSR count). The fourth-order valence-corrected chi connectivity index (χ4v) is 2.84. The van der Waals surface area contributed by atoms with Gasteiger partial charge in [-0.1, -0.05) is 54.5 Å². The maximum atomic E-state index is 12.2. The van der Waals surface area contributed by atoms with E-state index in [0.29, 0.717) is 0 Å². The third-order valence-corrected chi connectivity index (χ3v) is 4.04. The second-order valence-electron chi connectivity index (χ2n) is 4.80. The second-order valence-corrected chi connectivity index (χ2v) is 5.73. The first kappa shape index (κ1) is 15.0. The molecule has 0 aliphatic carbocycles. The van der Waals surface area contributed by atoms with Crippen LogP contribution in [0, 0.1) is 11.8 Å². The van der Waals surface area contributed by atoms with E-state index >= 15 is 0 Å². The number of carbonyl (C=O) groups excluding carboxylic acids is 1. The lowest BCUT2D eigenvalue weighted by Crippen LogP contribution is -2.28. The topological polar surface area (TPSA) is 42.0 Å². The molecular formula is C19H14N2OS. The lowest BCUT2D eigenvalue weighted by molar-refractivity contribution is -0.116. The molecule has 1 N–H and O–H groups in total. The lowest BCUT2D eigenvalue weighted by Gasteiger charge is -2.15. The minimum Gasteiger partial charge on any atom is -0.332 e. The average Bonchev–Trinajstić information content (AvgIpc) is 3.14. The SMILES string of the molecule is O=C(C#Cc1ccccc1)N[C@@H](c1ccccc1)c1nccs1. The molecule has 4 heteroatoms. The summed E-state index contributed by atoms with van der Waals surface area (Å²) in [6.07, 6.45) is 1.73. The quantitative estimate of drug-likeness (QED) is 0.752. The molecule has 112 valence electrons. The van der Waals surface area contributed by atoms with E-state index < -0.39 is 0 Å². The highest BCUT2D eigenvalue weighted by Gasteiger charge is 2.18. The summed E-state index contributed by atoms with van der Waals surface area (Å²) in [5.41, 5.74) is 1.80. The Kier molecular flexibility index (Phi) is 4.82. The maximum Gasteiger partial charge on any atom is 0.297 e. The molecule has 2 aromatic carbocycles. The zero-order valence-corrected chi connectivity index (χ0v) is 13.1. The van der Waals surface area contributed by atoms with Gasteiger partial charge >= 0.3 is 0 Å². The number of amides is 1. The van der Waals surface area contributed by atoms with Crippen molar-refractivity contribution in [3.05, 3.63) is 88.4 Å². The van der Waals surface area contributed by atoms with Gasteiger partial charge in [0.25, 0.3) is 5.91 Å². The van der Waals surface area contributed by atoms with Crippen molar-refractivity contribution < 1.29 is 4.79 Å². The van der Waals surface area contributed by atoms with E-state index in [0.717, 1.165) is 16.1 Å². The van der Waals surface area contributed by atoms with Crippen molar-refractivity contribution in [1.29, 1.82) is 0 Å². The number of carbonyl (C=O) groups is 1. The minimum atomic E-state index is -0.321. The molecule has 1 aromatic heterocycles. The largest absolute Gasteiger partial charge is 0.332 e. The summed E-state index contributed by atoms with van der Waals surface area (Å²) in [5, 5.41) is 5.68. The summed E-state index contributed by atoms with van der Waals surface area (Å²) < 4.78 is 0. The normalized spacial score (nSPS) is 11.1. The second kappa shape index (κ2) is 7.39. The molecule has 0 fully saturated rings. The number of hydrogen-bond acceptors (Lipinski definition) is 3. The summed E-state index contributed by atoms with van der Waals surface area (Å²) in [5.74, 6) is 5.18. The van der Waals surface area contributed by atoms with Crippen LogP contribution in [0.25, 0.3) is 0 Å². The van der Waals surface area contributed by atoms with E-state index in [-0.39, 0.29) is 11.9 Å². The molecule has 23 heavy (non-hydrogen) atoms. The first-order valence-corrected chi connectivity index (χ1v) is 8.03. The van der Waals surface area contributed by atoms with Crippen LogP contribution in [-0.4, -0.2) is 10.9 Å². The molecule has 0 spiro atoms. The van der Waals surface area contributed by atoms with Crippen LogP contribution < -0.4 is 5.32 Å². The number of thiazole rings is 1. The van der Waals surface area contributed by atoms with Crippen LogP contribution in [0.5, 0.6) is 0 Å². The average molecular weight is 318 g/mol. The van der Waals surface area contributed by atoms with Crippen molar-refractivity contribution in [2.24, 2.45) is 0 Å². The van der Waals surface area contributed by atoms with Crippen molar-refractivity contribution in [2.45, 2.75) is 6.04 Å². The molecule has 0 saturated carbocycles. The summed E-state index contributed by atoms with van der Waals surface area (Å²) in [6, 6.07) is 18.9. The Balaban J connectivity index is 1.80. The molecule has 0 saturated heterocycles. The molecule has 0 aliphatic heterocycles. The number of benzene rings is 2. The third kappa shape index (κ3) is 4.06. The molecule has 1 heterocycles. The van der Waals surface area contributed by atoms with Crippen LogP contribution in [0.4, 0.5) is 0 Å². The highest BCUT2D eigenvalue weighted by atomic mass is 32.1. The number of nitrogens with zero attached hydrogens (tertiary/aromatic N) is 1. The first-order valence-electron chi connectivity index (χ1n) is 7.15. The smallest absolute Gasteiger partial charge is 0.297 e. The summed E-state index contributed by atoms with van der Waals surface area (Å²) in [6.45, 7) is 0. The molecule has 0 radical (unpaired) electrons. The van der Waals surface area contributed by atoms with E-state index in [9.17, 15) is 4.79 Å². The summed E-state index contributed by atoms with van der Waals surface area (Å²) in [7, 11) is 0. The molecule has 3 nitrogen and oxygen atoms in total. The van der Waals surface area contributed by atoms with E-state index in [4.69, 9.17) is 0 Å². The van der Waals surface area contributed by atoms with Crippen molar-refractivity contribution in [1.82, 2.24) is 10.3 Å². The number of hydrogen-bond donors (Lipinski definition) is 1. The number of aromatic nitrogens is 1. The van der Waals surface area contributed by atoms with Gasteiger partial charge in [0.2, 0.25) is 0 Å². The van der Waals surface area contributed by atoms with E-state index in [2.05, 4.69) is 22.1 Å². The Hall–Kier alpha value is -2.90. The highest BCUT2D eigenvalue weighted by molar-refractivity contribution is 7.09. The maximum absolute atomic E-state index is 12.2. The van der Waals surface area contributed by atoms with Gasteiger partial charge in [0.15, 0.2) is 0 Å². The Morgan fingerprint density at radius 3 is 2.39 bits per heavy atom. The van der Waals surface area contributed by atoms with Crippen molar-refractivity contribution in [3.63, 3.8) is 0 Å². The molecular weight excluding hydrogens is 304 g/mol. The molecule has 1 atom stereocenters. The minimum absolute atomic E-state index is 0.284. The van der Waals surface area contributed by atoms with Gasteiger partial charge in [0.1, 0.15) is 11.0 Å². The van der Waals surface area contributed by atoms with Gasteiger partial charge in [-0.3, -0.25) is 4.79 Å². The zero-order valence-electron chi connectivity index (χ0n) is 12.3. The van der Waals surface area contributed by atoms with Crippen LogP contribution in [0.1, 0.15) is 22.2 Å². The Labute approximate surface area is 139 Å². The fraction of sp³-hybridized carbons (Fsp3) is 0.0526.